The van der Waals surface area contributed by atoms with Gasteiger partial charge in [0, 0.05) is 11.3 Å². The van der Waals surface area contributed by atoms with Gasteiger partial charge in [0.05, 0.1) is 17.8 Å². The zero-order chi connectivity index (χ0) is 17.9. The molecule has 0 aliphatic carbocycles. The molecule has 2 heterocycles. The van der Waals surface area contributed by atoms with Gasteiger partial charge in [-0.15, -0.1) is 16.4 Å². The Labute approximate surface area is 154 Å². The van der Waals surface area contributed by atoms with Crippen LogP contribution in [-0.2, 0) is 0 Å². The third kappa shape index (κ3) is 3.29. The van der Waals surface area contributed by atoms with E-state index in [-0.39, 0.29) is 0 Å². The molecule has 130 valence electrons. The summed E-state index contributed by atoms with van der Waals surface area (Å²) in [7, 11) is 1.63. The molecule has 2 aromatic carbocycles. The minimum absolute atomic E-state index is 0.329. The topological polar surface area (TPSA) is 73.1 Å². The average Bonchev–Trinajstić information content (AvgIpc) is 3.29. The number of hydrogen-bond donors (Lipinski definition) is 1. The molecule has 7 heteroatoms. The summed E-state index contributed by atoms with van der Waals surface area (Å²) in [6, 6.07) is 17.8. The molecule has 0 spiro atoms. The number of nitrogens with zero attached hydrogens (tertiary/aromatic N) is 3. The highest BCUT2D eigenvalue weighted by atomic mass is 32.1. The van der Waals surface area contributed by atoms with E-state index in [0.717, 1.165) is 32.6 Å². The van der Waals surface area contributed by atoms with Gasteiger partial charge in [-0.1, -0.05) is 35.4 Å². The SMILES string of the molecule is COc1ccc(Nc2nnc(-c3sc(C)nc3-c3ccccc3)o2)cc1. The fourth-order valence-corrected chi connectivity index (χ4v) is 3.39. The Morgan fingerprint density at radius 2 is 1.77 bits per heavy atom. The molecule has 0 amide bonds. The van der Waals surface area contributed by atoms with Crippen LogP contribution in [0.15, 0.2) is 59.0 Å². The van der Waals surface area contributed by atoms with Crippen molar-refractivity contribution in [2.75, 3.05) is 12.4 Å². The van der Waals surface area contributed by atoms with Gasteiger partial charge in [0.25, 0.3) is 5.89 Å². The van der Waals surface area contributed by atoms with Crippen molar-refractivity contribution in [1.29, 1.82) is 0 Å². The maximum Gasteiger partial charge on any atom is 0.320 e. The first-order chi connectivity index (χ1) is 12.7. The fourth-order valence-electron chi connectivity index (χ4n) is 2.53. The number of aromatic nitrogens is 3. The molecule has 0 saturated heterocycles. The number of aryl methyl sites for hydroxylation is 1. The van der Waals surface area contributed by atoms with Crippen LogP contribution in [0.4, 0.5) is 11.7 Å². The van der Waals surface area contributed by atoms with Crippen molar-refractivity contribution in [3.8, 4) is 27.8 Å². The molecule has 0 unspecified atom stereocenters. The predicted octanol–water partition coefficient (Wildman–Crippen LogP) is 4.92. The lowest BCUT2D eigenvalue weighted by Crippen LogP contribution is -1.90. The molecule has 4 rings (SSSR count). The highest BCUT2D eigenvalue weighted by Gasteiger charge is 2.18. The summed E-state index contributed by atoms with van der Waals surface area (Å²) in [5, 5.41) is 12.3. The van der Waals surface area contributed by atoms with E-state index in [9.17, 15) is 0 Å². The average molecular weight is 364 g/mol. The maximum absolute atomic E-state index is 5.81. The normalized spacial score (nSPS) is 10.7. The van der Waals surface area contributed by atoms with E-state index in [0.29, 0.717) is 11.9 Å². The van der Waals surface area contributed by atoms with Crippen LogP contribution in [0.2, 0.25) is 0 Å². The monoisotopic (exact) mass is 364 g/mol. The van der Waals surface area contributed by atoms with Gasteiger partial charge in [-0.3, -0.25) is 0 Å². The zero-order valence-electron chi connectivity index (χ0n) is 14.3. The molecule has 0 atom stereocenters. The summed E-state index contributed by atoms with van der Waals surface area (Å²) < 4.78 is 11.0. The Kier molecular flexibility index (Phi) is 4.37. The molecule has 0 aliphatic heterocycles. The van der Waals surface area contributed by atoms with E-state index in [1.165, 1.54) is 11.3 Å². The standard InChI is InChI=1S/C19H16N4O2S/c1-12-20-16(13-6-4-3-5-7-13)17(26-12)18-22-23-19(25-18)21-14-8-10-15(24-2)11-9-14/h3-11H,1-2H3,(H,21,23). The minimum atomic E-state index is 0.329. The van der Waals surface area contributed by atoms with Crippen molar-refractivity contribution in [1.82, 2.24) is 15.2 Å². The van der Waals surface area contributed by atoms with Crippen LogP contribution in [0.1, 0.15) is 5.01 Å². The van der Waals surface area contributed by atoms with E-state index in [1.54, 1.807) is 7.11 Å². The van der Waals surface area contributed by atoms with Crippen LogP contribution in [0.5, 0.6) is 5.75 Å². The van der Waals surface area contributed by atoms with Crippen molar-refractivity contribution < 1.29 is 9.15 Å². The number of ether oxygens (including phenoxy) is 1. The van der Waals surface area contributed by atoms with Gasteiger partial charge in [-0.05, 0) is 31.2 Å². The third-order valence-electron chi connectivity index (χ3n) is 3.74. The first-order valence-electron chi connectivity index (χ1n) is 8.01. The highest BCUT2D eigenvalue weighted by Crippen LogP contribution is 2.36. The lowest BCUT2D eigenvalue weighted by Gasteiger charge is -2.02. The maximum atomic E-state index is 5.81. The number of thiazole rings is 1. The lowest BCUT2D eigenvalue weighted by molar-refractivity contribution is 0.415. The lowest BCUT2D eigenvalue weighted by atomic mass is 10.1. The highest BCUT2D eigenvalue weighted by molar-refractivity contribution is 7.15. The summed E-state index contributed by atoms with van der Waals surface area (Å²) in [4.78, 5) is 5.49. The van der Waals surface area contributed by atoms with Crippen LogP contribution in [-0.4, -0.2) is 22.3 Å². The number of nitrogens with one attached hydrogen (secondary N) is 1. The summed E-state index contributed by atoms with van der Waals surface area (Å²) in [6.07, 6.45) is 0. The van der Waals surface area contributed by atoms with Crippen molar-refractivity contribution >= 4 is 23.0 Å². The van der Waals surface area contributed by atoms with Crippen LogP contribution in [0, 0.1) is 6.92 Å². The summed E-state index contributed by atoms with van der Waals surface area (Å²) in [5.74, 6) is 1.24. The molecule has 0 bridgehead atoms. The number of benzene rings is 2. The van der Waals surface area contributed by atoms with Gasteiger partial charge < -0.3 is 14.5 Å². The number of methoxy groups -OCH3 is 1. The van der Waals surface area contributed by atoms with Crippen LogP contribution in [0.25, 0.3) is 22.0 Å². The predicted molar refractivity (Wildman–Crippen MR) is 102 cm³/mol. The van der Waals surface area contributed by atoms with E-state index in [4.69, 9.17) is 9.15 Å². The summed E-state index contributed by atoms with van der Waals surface area (Å²) >= 11 is 1.54. The molecule has 2 aromatic heterocycles. The van der Waals surface area contributed by atoms with Crippen molar-refractivity contribution in [2.45, 2.75) is 6.92 Å². The Morgan fingerprint density at radius 1 is 1.00 bits per heavy atom. The van der Waals surface area contributed by atoms with Crippen molar-refractivity contribution in [2.24, 2.45) is 0 Å². The molecular weight excluding hydrogens is 348 g/mol. The second kappa shape index (κ2) is 6.97. The van der Waals surface area contributed by atoms with E-state index >= 15 is 0 Å². The van der Waals surface area contributed by atoms with E-state index in [1.807, 2.05) is 61.5 Å². The molecule has 0 aliphatic rings. The Balaban J connectivity index is 1.62. The summed E-state index contributed by atoms with van der Waals surface area (Å²) in [6.45, 7) is 1.97. The van der Waals surface area contributed by atoms with E-state index < -0.39 is 0 Å². The molecule has 4 aromatic rings. The molecule has 6 nitrogen and oxygen atoms in total. The Bertz CT molecular complexity index is 1010. The number of rotatable bonds is 5. The molecule has 1 N–H and O–H groups in total. The quantitative estimate of drug-likeness (QED) is 0.542. The van der Waals surface area contributed by atoms with Crippen molar-refractivity contribution in [3.05, 3.63) is 59.6 Å². The Morgan fingerprint density at radius 3 is 2.50 bits per heavy atom. The first-order valence-corrected chi connectivity index (χ1v) is 8.82. The fraction of sp³-hybridized carbons (Fsp3) is 0.105. The second-order valence-corrected chi connectivity index (χ2v) is 6.75. The van der Waals surface area contributed by atoms with Crippen LogP contribution >= 0.6 is 11.3 Å². The second-order valence-electron chi connectivity index (χ2n) is 5.54. The molecule has 0 radical (unpaired) electrons. The molecule has 0 fully saturated rings. The smallest absolute Gasteiger partial charge is 0.320 e. The van der Waals surface area contributed by atoms with Gasteiger partial charge in [-0.2, -0.15) is 0 Å². The molecule has 0 saturated carbocycles. The largest absolute Gasteiger partial charge is 0.497 e. The molecule has 26 heavy (non-hydrogen) atoms. The molecular formula is C19H16N4O2S. The Hall–Kier alpha value is -3.19. The first kappa shape index (κ1) is 16.3. The van der Waals surface area contributed by atoms with E-state index in [2.05, 4.69) is 20.5 Å². The van der Waals surface area contributed by atoms with Crippen LogP contribution in [0.3, 0.4) is 0 Å². The van der Waals surface area contributed by atoms with Gasteiger partial charge >= 0.3 is 6.01 Å². The minimum Gasteiger partial charge on any atom is -0.497 e. The number of anilines is 2. The van der Waals surface area contributed by atoms with Gasteiger partial charge in [0.1, 0.15) is 10.6 Å². The third-order valence-corrected chi connectivity index (χ3v) is 4.70. The zero-order valence-corrected chi connectivity index (χ0v) is 15.1. The van der Waals surface area contributed by atoms with Gasteiger partial charge in [0.2, 0.25) is 0 Å². The number of hydrogen-bond acceptors (Lipinski definition) is 7. The van der Waals surface area contributed by atoms with Crippen LogP contribution < -0.4 is 10.1 Å². The summed E-state index contributed by atoms with van der Waals surface area (Å²) in [5.41, 5.74) is 2.72. The van der Waals surface area contributed by atoms with Gasteiger partial charge in [0.15, 0.2) is 0 Å². The van der Waals surface area contributed by atoms with Gasteiger partial charge in [-0.25, -0.2) is 4.98 Å². The van der Waals surface area contributed by atoms with Crippen molar-refractivity contribution in [3.63, 3.8) is 0 Å².